The predicted octanol–water partition coefficient (Wildman–Crippen LogP) is 2.52. The van der Waals surface area contributed by atoms with E-state index < -0.39 is 17.6 Å². The van der Waals surface area contributed by atoms with Gasteiger partial charge in [-0.25, -0.2) is 9.67 Å². The van der Waals surface area contributed by atoms with Crippen LogP contribution in [0.15, 0.2) is 54.4 Å². The van der Waals surface area contributed by atoms with Gasteiger partial charge in [0.15, 0.2) is 5.01 Å². The summed E-state index contributed by atoms with van der Waals surface area (Å²) in [6.07, 6.45) is 7.04. The highest BCUT2D eigenvalue weighted by molar-refractivity contribution is 9.09. The van der Waals surface area contributed by atoms with Crippen molar-refractivity contribution in [3.05, 3.63) is 65.1 Å². The van der Waals surface area contributed by atoms with Crippen LogP contribution in [0, 0.1) is 5.92 Å². The van der Waals surface area contributed by atoms with Crippen molar-refractivity contribution in [2.75, 3.05) is 0 Å². The summed E-state index contributed by atoms with van der Waals surface area (Å²) in [5.74, 6) is -1.68. The molecular formula is C20H14BrN5O3S. The lowest BCUT2D eigenvalue weighted by Gasteiger charge is -2.21. The molecule has 0 radical (unpaired) electrons. The van der Waals surface area contributed by atoms with Crippen LogP contribution in [0.25, 0.3) is 10.2 Å². The molecule has 1 fully saturated rings. The fourth-order valence-electron chi connectivity index (χ4n) is 3.58. The SMILES string of the molecule is O=C(Cn1cc(CN2C(=O)C(=O)C3C2=CC=CC3Br)nn1)c1nc2ccccc2s1. The van der Waals surface area contributed by atoms with Gasteiger partial charge in [0, 0.05) is 10.5 Å². The zero-order valence-electron chi connectivity index (χ0n) is 15.4. The van der Waals surface area contributed by atoms with Crippen LogP contribution >= 0.6 is 27.3 Å². The normalized spacial score (nSPS) is 20.7. The second-order valence-electron chi connectivity index (χ2n) is 6.97. The van der Waals surface area contributed by atoms with Crippen molar-refractivity contribution in [1.82, 2.24) is 24.9 Å². The summed E-state index contributed by atoms with van der Waals surface area (Å²) in [7, 11) is 0. The highest BCUT2D eigenvalue weighted by Gasteiger charge is 2.46. The number of ketones is 2. The van der Waals surface area contributed by atoms with E-state index in [0.29, 0.717) is 16.4 Å². The third-order valence-electron chi connectivity index (χ3n) is 4.99. The number of fused-ring (bicyclic) bond motifs is 2. The molecule has 3 aromatic rings. The minimum absolute atomic E-state index is 0.00275. The van der Waals surface area contributed by atoms with Gasteiger partial charge in [-0.2, -0.15) is 0 Å². The summed E-state index contributed by atoms with van der Waals surface area (Å²) in [6, 6.07) is 7.57. The summed E-state index contributed by atoms with van der Waals surface area (Å²) in [5.41, 5.74) is 1.93. The number of amides is 1. The number of Topliss-reactive ketones (excluding diaryl/α,β-unsaturated/α-hetero) is 2. The predicted molar refractivity (Wildman–Crippen MR) is 113 cm³/mol. The molecule has 10 heteroatoms. The number of halogens is 1. The first-order valence-corrected chi connectivity index (χ1v) is 10.9. The highest BCUT2D eigenvalue weighted by atomic mass is 79.9. The molecule has 0 N–H and O–H groups in total. The number of hydrogen-bond acceptors (Lipinski definition) is 7. The molecule has 3 heterocycles. The lowest BCUT2D eigenvalue weighted by molar-refractivity contribution is -0.140. The number of hydrogen-bond donors (Lipinski definition) is 0. The minimum Gasteiger partial charge on any atom is -0.303 e. The molecule has 1 aliphatic heterocycles. The second kappa shape index (κ2) is 7.37. The van der Waals surface area contributed by atoms with Crippen molar-refractivity contribution in [1.29, 1.82) is 0 Å². The molecule has 0 bridgehead atoms. The summed E-state index contributed by atoms with van der Waals surface area (Å²) < 4.78 is 2.37. The van der Waals surface area contributed by atoms with Gasteiger partial charge >= 0.3 is 0 Å². The van der Waals surface area contributed by atoms with Crippen molar-refractivity contribution < 1.29 is 14.4 Å². The maximum Gasteiger partial charge on any atom is 0.295 e. The van der Waals surface area contributed by atoms with Crippen LogP contribution in [0.5, 0.6) is 0 Å². The van der Waals surface area contributed by atoms with Crippen LogP contribution in [-0.4, -0.2) is 47.2 Å². The molecule has 1 aliphatic carbocycles. The zero-order chi connectivity index (χ0) is 20.8. The molecule has 8 nitrogen and oxygen atoms in total. The molecule has 30 heavy (non-hydrogen) atoms. The van der Waals surface area contributed by atoms with Gasteiger partial charge in [0.05, 0.1) is 28.9 Å². The fraction of sp³-hybridized carbons (Fsp3) is 0.200. The van der Waals surface area contributed by atoms with Gasteiger partial charge in [-0.05, 0) is 18.2 Å². The van der Waals surface area contributed by atoms with Gasteiger partial charge in [-0.1, -0.05) is 45.4 Å². The number of allylic oxidation sites excluding steroid dienone is 4. The number of carbonyl (C=O) groups excluding carboxylic acids is 3. The molecule has 2 unspecified atom stereocenters. The molecule has 2 atom stereocenters. The summed E-state index contributed by atoms with van der Waals surface area (Å²) in [6.45, 7) is 0.118. The Morgan fingerprint density at radius 1 is 1.23 bits per heavy atom. The maximum absolute atomic E-state index is 12.6. The number of aromatic nitrogens is 4. The van der Waals surface area contributed by atoms with Gasteiger partial charge in [0.25, 0.3) is 5.91 Å². The van der Waals surface area contributed by atoms with Crippen molar-refractivity contribution in [3.63, 3.8) is 0 Å². The van der Waals surface area contributed by atoms with Crippen LogP contribution in [0.1, 0.15) is 15.5 Å². The number of likely N-dealkylation sites (tertiary alicyclic amines) is 1. The molecule has 1 amide bonds. The molecule has 2 aromatic heterocycles. The molecule has 1 aromatic carbocycles. The number of carbonyl (C=O) groups is 3. The third-order valence-corrected chi connectivity index (χ3v) is 6.90. The summed E-state index contributed by atoms with van der Waals surface area (Å²) in [5, 5.41) is 8.48. The van der Waals surface area contributed by atoms with E-state index in [0.717, 1.165) is 10.2 Å². The van der Waals surface area contributed by atoms with Crippen LogP contribution in [0.2, 0.25) is 0 Å². The molecule has 150 valence electrons. The number of alkyl halides is 1. The molecule has 0 spiro atoms. The van der Waals surface area contributed by atoms with Gasteiger partial charge in [0.1, 0.15) is 12.2 Å². The smallest absolute Gasteiger partial charge is 0.295 e. The Hall–Kier alpha value is -2.98. The number of nitrogens with zero attached hydrogens (tertiary/aromatic N) is 5. The van der Waals surface area contributed by atoms with E-state index in [2.05, 4.69) is 31.2 Å². The Balaban J connectivity index is 1.31. The molecule has 2 aliphatic rings. The van der Waals surface area contributed by atoms with Gasteiger partial charge < -0.3 is 4.90 Å². The average molecular weight is 484 g/mol. The quantitative estimate of drug-likeness (QED) is 0.314. The Labute approximate surface area is 183 Å². The van der Waals surface area contributed by atoms with Crippen LogP contribution in [-0.2, 0) is 22.7 Å². The van der Waals surface area contributed by atoms with Crippen molar-refractivity contribution in [3.8, 4) is 0 Å². The van der Waals surface area contributed by atoms with E-state index in [1.165, 1.54) is 20.9 Å². The average Bonchev–Trinajstić information content (AvgIpc) is 3.42. The van der Waals surface area contributed by atoms with E-state index in [-0.39, 0.29) is 23.7 Å². The van der Waals surface area contributed by atoms with Gasteiger partial charge in [-0.3, -0.25) is 14.4 Å². The van der Waals surface area contributed by atoms with Gasteiger partial charge in [0.2, 0.25) is 11.6 Å². The number of rotatable bonds is 5. The maximum atomic E-state index is 12.6. The first kappa shape index (κ1) is 19.0. The third kappa shape index (κ3) is 3.21. The van der Waals surface area contributed by atoms with E-state index in [9.17, 15) is 14.4 Å². The number of thiazole rings is 1. The Kier molecular flexibility index (Phi) is 4.67. The first-order chi connectivity index (χ1) is 14.5. The van der Waals surface area contributed by atoms with Crippen molar-refractivity contribution in [2.24, 2.45) is 5.92 Å². The summed E-state index contributed by atoms with van der Waals surface area (Å²) >= 11 is 4.78. The summed E-state index contributed by atoms with van der Waals surface area (Å²) in [4.78, 5) is 43.0. The standard InChI is InChI=1S/C20H14BrN5O3S/c21-12-4-3-6-14-17(12)18(28)20(29)26(14)9-11-8-25(24-23-11)10-15(27)19-22-13-5-1-2-7-16(13)30-19/h1-8,12,17H,9-10H2. The van der Waals surface area contributed by atoms with E-state index >= 15 is 0 Å². The molecule has 1 saturated heterocycles. The van der Waals surface area contributed by atoms with E-state index in [1.807, 2.05) is 36.4 Å². The number of benzene rings is 1. The van der Waals surface area contributed by atoms with Crippen molar-refractivity contribution in [2.45, 2.75) is 17.9 Å². The molecule has 0 saturated carbocycles. The lowest BCUT2D eigenvalue weighted by atomic mass is 9.96. The molecule has 5 rings (SSSR count). The topological polar surface area (TPSA) is 98.1 Å². The van der Waals surface area contributed by atoms with Gasteiger partial charge in [-0.15, -0.1) is 16.4 Å². The van der Waals surface area contributed by atoms with Crippen molar-refractivity contribution >= 4 is 55.0 Å². The van der Waals surface area contributed by atoms with Crippen LogP contribution in [0.4, 0.5) is 0 Å². The Bertz CT molecular complexity index is 1230. The van der Waals surface area contributed by atoms with E-state index in [1.54, 1.807) is 12.3 Å². The van der Waals surface area contributed by atoms with E-state index in [4.69, 9.17) is 0 Å². The minimum atomic E-state index is -0.556. The first-order valence-electron chi connectivity index (χ1n) is 9.17. The van der Waals surface area contributed by atoms with Crippen LogP contribution < -0.4 is 0 Å². The zero-order valence-corrected chi connectivity index (χ0v) is 17.8. The molecular weight excluding hydrogens is 470 g/mol. The fourth-order valence-corrected chi connectivity index (χ4v) is 5.16. The number of para-hydroxylation sites is 1. The Morgan fingerprint density at radius 2 is 2.07 bits per heavy atom. The highest BCUT2D eigenvalue weighted by Crippen LogP contribution is 2.36. The monoisotopic (exact) mass is 483 g/mol. The second-order valence-corrected chi connectivity index (χ2v) is 9.06. The van der Waals surface area contributed by atoms with Crippen LogP contribution in [0.3, 0.4) is 0 Å². The largest absolute Gasteiger partial charge is 0.303 e. The lowest BCUT2D eigenvalue weighted by Crippen LogP contribution is -2.26. The Morgan fingerprint density at radius 3 is 2.90 bits per heavy atom.